The molecule has 2 rings (SSSR count). The lowest BCUT2D eigenvalue weighted by Crippen LogP contribution is -2.49. The van der Waals surface area contributed by atoms with Crippen LogP contribution in [0.15, 0.2) is 24.3 Å². The number of hydrogen-bond donors (Lipinski definition) is 2. The van der Waals surface area contributed by atoms with Crippen molar-refractivity contribution in [3.63, 3.8) is 0 Å². The van der Waals surface area contributed by atoms with Crippen molar-refractivity contribution in [3.05, 3.63) is 29.8 Å². The number of carbonyl (C=O) groups excluding carboxylic acids is 3. The first-order valence-electron chi connectivity index (χ1n) is 10.3. The minimum Gasteiger partial charge on any atom is -0.497 e. The van der Waals surface area contributed by atoms with Gasteiger partial charge in [0.15, 0.2) is 0 Å². The standard InChI is InChI=1S/C22H33N3O5/c1-22(2,3)30-21(28)23-15-19(26)24-17-11-13-25(14-12-17)20(27)10-7-16-5-8-18(29-4)9-6-16/h5-6,8-9,17H,7,10-15H2,1-4H3,(H,23,28)(H,24,26). The molecule has 1 aromatic rings. The predicted octanol–water partition coefficient (Wildman–Crippen LogP) is 2.26. The molecule has 1 aromatic carbocycles. The van der Waals surface area contributed by atoms with Gasteiger partial charge in [0.1, 0.15) is 17.9 Å². The van der Waals surface area contributed by atoms with Crippen molar-refractivity contribution in [2.75, 3.05) is 26.7 Å². The zero-order valence-electron chi connectivity index (χ0n) is 18.3. The van der Waals surface area contributed by atoms with Crippen molar-refractivity contribution in [2.45, 2.75) is 58.1 Å². The number of likely N-dealkylation sites (tertiary alicyclic amines) is 1. The quantitative estimate of drug-likeness (QED) is 0.707. The summed E-state index contributed by atoms with van der Waals surface area (Å²) in [5.74, 6) is 0.669. The first-order valence-corrected chi connectivity index (χ1v) is 10.3. The van der Waals surface area contributed by atoms with Crippen molar-refractivity contribution < 1.29 is 23.9 Å². The molecule has 2 N–H and O–H groups in total. The third-order valence-electron chi connectivity index (χ3n) is 4.79. The van der Waals surface area contributed by atoms with Gasteiger partial charge in [0.05, 0.1) is 7.11 Å². The molecule has 0 saturated carbocycles. The Labute approximate surface area is 178 Å². The number of nitrogens with one attached hydrogen (secondary N) is 2. The number of nitrogens with zero attached hydrogens (tertiary/aromatic N) is 1. The fourth-order valence-corrected chi connectivity index (χ4v) is 3.22. The lowest BCUT2D eigenvalue weighted by atomic mass is 10.0. The number of alkyl carbamates (subject to hydrolysis) is 1. The maximum atomic E-state index is 12.5. The Morgan fingerprint density at radius 2 is 1.73 bits per heavy atom. The van der Waals surface area contributed by atoms with Crippen LogP contribution in [0.2, 0.25) is 0 Å². The molecule has 8 nitrogen and oxygen atoms in total. The molecule has 8 heteroatoms. The highest BCUT2D eigenvalue weighted by Crippen LogP contribution is 2.15. The van der Waals surface area contributed by atoms with E-state index in [4.69, 9.17) is 9.47 Å². The molecule has 1 fully saturated rings. The number of methoxy groups -OCH3 is 1. The molecular weight excluding hydrogens is 386 g/mol. The van der Waals surface area contributed by atoms with Crippen LogP contribution in [0.25, 0.3) is 0 Å². The average molecular weight is 420 g/mol. The Balaban J connectivity index is 1.65. The van der Waals surface area contributed by atoms with Crippen molar-refractivity contribution in [3.8, 4) is 5.75 Å². The largest absolute Gasteiger partial charge is 0.497 e. The third kappa shape index (κ3) is 8.31. The molecule has 1 saturated heterocycles. The lowest BCUT2D eigenvalue weighted by Gasteiger charge is -2.32. The van der Waals surface area contributed by atoms with Gasteiger partial charge in [-0.2, -0.15) is 0 Å². The molecule has 1 aliphatic rings. The van der Waals surface area contributed by atoms with E-state index in [9.17, 15) is 14.4 Å². The number of hydrogen-bond acceptors (Lipinski definition) is 5. The van der Waals surface area contributed by atoms with Crippen LogP contribution >= 0.6 is 0 Å². The summed E-state index contributed by atoms with van der Waals surface area (Å²) < 4.78 is 10.2. The van der Waals surface area contributed by atoms with Gasteiger partial charge in [-0.15, -0.1) is 0 Å². The molecule has 0 spiro atoms. The number of amides is 3. The SMILES string of the molecule is COc1ccc(CCC(=O)N2CCC(NC(=O)CNC(=O)OC(C)(C)C)CC2)cc1. The van der Waals surface area contributed by atoms with E-state index in [-0.39, 0.29) is 24.4 Å². The first-order chi connectivity index (χ1) is 14.2. The summed E-state index contributed by atoms with van der Waals surface area (Å²) >= 11 is 0. The highest BCUT2D eigenvalue weighted by molar-refractivity contribution is 5.82. The first kappa shape index (κ1) is 23.5. The van der Waals surface area contributed by atoms with Gasteiger partial charge in [-0.05, 0) is 57.7 Å². The number of rotatable bonds is 7. The molecule has 0 aliphatic carbocycles. The average Bonchev–Trinajstić information content (AvgIpc) is 2.70. The summed E-state index contributed by atoms with van der Waals surface area (Å²) in [6, 6.07) is 7.74. The van der Waals surface area contributed by atoms with Crippen molar-refractivity contribution >= 4 is 17.9 Å². The molecule has 0 unspecified atom stereocenters. The van der Waals surface area contributed by atoms with Crippen LogP contribution in [-0.4, -0.2) is 61.2 Å². The summed E-state index contributed by atoms with van der Waals surface area (Å²) in [7, 11) is 1.63. The highest BCUT2D eigenvalue weighted by Gasteiger charge is 2.24. The molecule has 0 radical (unpaired) electrons. The van der Waals surface area contributed by atoms with Crippen LogP contribution in [0.4, 0.5) is 4.79 Å². The molecule has 30 heavy (non-hydrogen) atoms. The van der Waals surface area contributed by atoms with Gasteiger partial charge >= 0.3 is 6.09 Å². The zero-order valence-corrected chi connectivity index (χ0v) is 18.3. The molecule has 0 atom stereocenters. The van der Waals surface area contributed by atoms with E-state index in [2.05, 4.69) is 10.6 Å². The van der Waals surface area contributed by atoms with E-state index in [1.807, 2.05) is 29.2 Å². The number of piperidine rings is 1. The van der Waals surface area contributed by atoms with E-state index in [1.54, 1.807) is 27.9 Å². The third-order valence-corrected chi connectivity index (χ3v) is 4.79. The predicted molar refractivity (Wildman–Crippen MR) is 113 cm³/mol. The summed E-state index contributed by atoms with van der Waals surface area (Å²) in [6.07, 6.45) is 1.94. The zero-order chi connectivity index (χ0) is 22.1. The van der Waals surface area contributed by atoms with Crippen LogP contribution in [0.1, 0.15) is 45.6 Å². The van der Waals surface area contributed by atoms with Crippen LogP contribution in [-0.2, 0) is 20.7 Å². The molecule has 1 heterocycles. The second-order valence-electron chi connectivity index (χ2n) is 8.43. The Morgan fingerprint density at radius 1 is 1.10 bits per heavy atom. The van der Waals surface area contributed by atoms with Gasteiger partial charge < -0.3 is 25.0 Å². The van der Waals surface area contributed by atoms with Gasteiger partial charge in [0.25, 0.3) is 0 Å². The minimum absolute atomic E-state index is 0.00331. The lowest BCUT2D eigenvalue weighted by molar-refractivity contribution is -0.132. The summed E-state index contributed by atoms with van der Waals surface area (Å²) in [4.78, 5) is 38.0. The summed E-state index contributed by atoms with van der Waals surface area (Å²) in [6.45, 7) is 6.39. The smallest absolute Gasteiger partial charge is 0.408 e. The van der Waals surface area contributed by atoms with Gasteiger partial charge in [-0.1, -0.05) is 12.1 Å². The van der Waals surface area contributed by atoms with Crippen molar-refractivity contribution in [2.24, 2.45) is 0 Å². The minimum atomic E-state index is -0.616. The van der Waals surface area contributed by atoms with Crippen LogP contribution in [0.3, 0.4) is 0 Å². The Bertz CT molecular complexity index is 719. The Hall–Kier alpha value is -2.77. The maximum absolute atomic E-state index is 12.5. The Kier molecular flexibility index (Phi) is 8.50. The maximum Gasteiger partial charge on any atom is 0.408 e. The van der Waals surface area contributed by atoms with Gasteiger partial charge in [0, 0.05) is 25.6 Å². The monoisotopic (exact) mass is 419 g/mol. The van der Waals surface area contributed by atoms with E-state index >= 15 is 0 Å². The van der Waals surface area contributed by atoms with Crippen molar-refractivity contribution in [1.82, 2.24) is 15.5 Å². The van der Waals surface area contributed by atoms with Crippen LogP contribution in [0, 0.1) is 0 Å². The van der Waals surface area contributed by atoms with Crippen molar-refractivity contribution in [1.29, 1.82) is 0 Å². The van der Waals surface area contributed by atoms with E-state index in [1.165, 1.54) is 0 Å². The fourth-order valence-electron chi connectivity index (χ4n) is 3.22. The molecule has 0 aromatic heterocycles. The second kappa shape index (κ2) is 10.8. The number of aryl methyl sites for hydroxylation is 1. The Morgan fingerprint density at radius 3 is 2.30 bits per heavy atom. The van der Waals surface area contributed by atoms with Gasteiger partial charge in [-0.3, -0.25) is 9.59 Å². The van der Waals surface area contributed by atoms with E-state index in [0.717, 1.165) is 11.3 Å². The number of benzene rings is 1. The number of ether oxygens (including phenoxy) is 2. The molecular formula is C22H33N3O5. The molecule has 0 bridgehead atoms. The van der Waals surface area contributed by atoms with Crippen LogP contribution < -0.4 is 15.4 Å². The summed E-state index contributed by atoms with van der Waals surface area (Å²) in [5.41, 5.74) is 0.497. The fraction of sp³-hybridized carbons (Fsp3) is 0.591. The topological polar surface area (TPSA) is 97.0 Å². The van der Waals surface area contributed by atoms with E-state index in [0.29, 0.717) is 38.8 Å². The molecule has 166 valence electrons. The number of carbonyl (C=O) groups is 3. The van der Waals surface area contributed by atoms with Crippen LogP contribution in [0.5, 0.6) is 5.75 Å². The normalized spacial score (nSPS) is 14.7. The highest BCUT2D eigenvalue weighted by atomic mass is 16.6. The van der Waals surface area contributed by atoms with E-state index < -0.39 is 11.7 Å². The second-order valence-corrected chi connectivity index (χ2v) is 8.43. The summed E-state index contributed by atoms with van der Waals surface area (Å²) in [5, 5.41) is 5.36. The molecule has 3 amide bonds. The van der Waals surface area contributed by atoms with Gasteiger partial charge in [-0.25, -0.2) is 4.79 Å². The molecule has 1 aliphatic heterocycles. The van der Waals surface area contributed by atoms with Gasteiger partial charge in [0.2, 0.25) is 11.8 Å².